The summed E-state index contributed by atoms with van der Waals surface area (Å²) >= 11 is 0. The maximum atomic E-state index is 12.4. The summed E-state index contributed by atoms with van der Waals surface area (Å²) in [6.45, 7) is 0. The molecule has 1 fully saturated rings. The van der Waals surface area contributed by atoms with Crippen LogP contribution in [-0.4, -0.2) is 17.1 Å². The van der Waals surface area contributed by atoms with Gasteiger partial charge < -0.3 is 14.8 Å². The molecule has 0 saturated heterocycles. The van der Waals surface area contributed by atoms with E-state index in [1.54, 1.807) is 6.26 Å². The van der Waals surface area contributed by atoms with Crippen molar-refractivity contribution in [1.29, 1.82) is 0 Å². The van der Waals surface area contributed by atoms with Crippen LogP contribution in [0.3, 0.4) is 0 Å². The van der Waals surface area contributed by atoms with Crippen molar-refractivity contribution in [2.24, 2.45) is 5.92 Å². The van der Waals surface area contributed by atoms with Crippen LogP contribution in [0.5, 0.6) is 0 Å². The number of hydrogen-bond acceptors (Lipinski definition) is 3. The number of amides is 1. The molecule has 4 atom stereocenters. The first kappa shape index (κ1) is 12.7. The minimum absolute atomic E-state index is 0.0113. The van der Waals surface area contributed by atoms with E-state index in [0.717, 1.165) is 23.3 Å². The van der Waals surface area contributed by atoms with Gasteiger partial charge in [-0.25, -0.2) is 0 Å². The Bertz CT molecular complexity index is 664. The fourth-order valence-electron chi connectivity index (χ4n) is 3.31. The van der Waals surface area contributed by atoms with Crippen molar-refractivity contribution in [3.63, 3.8) is 0 Å². The van der Waals surface area contributed by atoms with E-state index in [1.807, 2.05) is 36.4 Å². The highest BCUT2D eigenvalue weighted by Crippen LogP contribution is 2.48. The standard InChI is InChI=1S/C17H17NO3/c19-14-8-10-4-1-2-5-11(10)16(14)18-17(20)13-9-12(13)15-6-3-7-21-15/h1-7,12-14,16,19H,8-9H2,(H,18,20)/t12-,13+,14+,16-/m1/s1. The molecule has 2 aromatic rings. The lowest BCUT2D eigenvalue weighted by Gasteiger charge is -2.18. The Morgan fingerprint density at radius 2 is 2.10 bits per heavy atom. The van der Waals surface area contributed by atoms with Crippen molar-refractivity contribution in [3.8, 4) is 0 Å². The molecule has 108 valence electrons. The highest BCUT2D eigenvalue weighted by molar-refractivity contribution is 5.83. The predicted octanol–water partition coefficient (Wildman–Crippen LogP) is 2.16. The highest BCUT2D eigenvalue weighted by Gasteiger charge is 2.47. The number of aliphatic hydroxyl groups excluding tert-OH is 1. The number of furan rings is 1. The minimum atomic E-state index is -0.535. The van der Waals surface area contributed by atoms with Crippen LogP contribution in [0.4, 0.5) is 0 Å². The number of aliphatic hydroxyl groups is 1. The van der Waals surface area contributed by atoms with E-state index in [9.17, 15) is 9.90 Å². The first-order chi connectivity index (χ1) is 10.2. The fraction of sp³-hybridized carbons (Fsp3) is 0.353. The van der Waals surface area contributed by atoms with Crippen LogP contribution in [0.2, 0.25) is 0 Å². The van der Waals surface area contributed by atoms with Crippen molar-refractivity contribution in [2.75, 3.05) is 0 Å². The largest absolute Gasteiger partial charge is 0.469 e. The van der Waals surface area contributed by atoms with Crippen LogP contribution in [0.1, 0.15) is 35.3 Å². The molecular weight excluding hydrogens is 266 g/mol. The molecule has 1 saturated carbocycles. The summed E-state index contributed by atoms with van der Waals surface area (Å²) in [5.74, 6) is 1.05. The maximum Gasteiger partial charge on any atom is 0.224 e. The molecule has 1 aromatic heterocycles. The van der Waals surface area contributed by atoms with Crippen molar-refractivity contribution in [1.82, 2.24) is 5.32 Å². The van der Waals surface area contributed by atoms with Crippen LogP contribution in [-0.2, 0) is 11.2 Å². The Balaban J connectivity index is 1.46. The number of carbonyl (C=O) groups is 1. The predicted molar refractivity (Wildman–Crippen MR) is 76.6 cm³/mol. The van der Waals surface area contributed by atoms with E-state index in [4.69, 9.17) is 4.42 Å². The van der Waals surface area contributed by atoms with Gasteiger partial charge in [0.25, 0.3) is 0 Å². The van der Waals surface area contributed by atoms with Crippen LogP contribution in [0, 0.1) is 5.92 Å². The Hall–Kier alpha value is -2.07. The molecule has 1 aromatic carbocycles. The molecule has 4 heteroatoms. The third-order valence-electron chi connectivity index (χ3n) is 4.54. The van der Waals surface area contributed by atoms with Gasteiger partial charge in [0.1, 0.15) is 5.76 Å². The van der Waals surface area contributed by atoms with E-state index in [-0.39, 0.29) is 23.8 Å². The minimum Gasteiger partial charge on any atom is -0.469 e. The Morgan fingerprint density at radius 1 is 1.24 bits per heavy atom. The zero-order valence-corrected chi connectivity index (χ0v) is 11.5. The van der Waals surface area contributed by atoms with Crippen molar-refractivity contribution in [2.45, 2.75) is 30.9 Å². The fourth-order valence-corrected chi connectivity index (χ4v) is 3.31. The van der Waals surface area contributed by atoms with Crippen LogP contribution in [0.15, 0.2) is 47.1 Å². The van der Waals surface area contributed by atoms with Crippen molar-refractivity contribution in [3.05, 3.63) is 59.5 Å². The van der Waals surface area contributed by atoms with Gasteiger partial charge in [-0.05, 0) is 29.7 Å². The van der Waals surface area contributed by atoms with Gasteiger partial charge in [0.15, 0.2) is 0 Å². The number of hydrogen-bond donors (Lipinski definition) is 2. The third-order valence-corrected chi connectivity index (χ3v) is 4.54. The lowest BCUT2D eigenvalue weighted by molar-refractivity contribution is -0.124. The summed E-state index contributed by atoms with van der Waals surface area (Å²) in [6.07, 6.45) is 2.53. The molecule has 2 aliphatic rings. The molecule has 0 aliphatic heterocycles. The molecule has 0 spiro atoms. The smallest absolute Gasteiger partial charge is 0.224 e. The quantitative estimate of drug-likeness (QED) is 0.907. The number of carbonyl (C=O) groups excluding carboxylic acids is 1. The normalized spacial score (nSPS) is 30.0. The van der Waals surface area contributed by atoms with Gasteiger partial charge in [-0.1, -0.05) is 24.3 Å². The van der Waals surface area contributed by atoms with Crippen LogP contribution in [0.25, 0.3) is 0 Å². The molecule has 0 unspecified atom stereocenters. The molecule has 21 heavy (non-hydrogen) atoms. The van der Waals surface area contributed by atoms with Gasteiger partial charge in [0.2, 0.25) is 5.91 Å². The topological polar surface area (TPSA) is 62.5 Å². The van der Waals surface area contributed by atoms with Gasteiger partial charge in [-0.15, -0.1) is 0 Å². The molecule has 0 bridgehead atoms. The molecule has 0 radical (unpaired) electrons. The monoisotopic (exact) mass is 283 g/mol. The number of rotatable bonds is 3. The Morgan fingerprint density at radius 3 is 2.90 bits per heavy atom. The highest BCUT2D eigenvalue weighted by atomic mass is 16.3. The zero-order chi connectivity index (χ0) is 14.4. The summed E-state index contributed by atoms with van der Waals surface area (Å²) in [5, 5.41) is 13.2. The maximum absolute atomic E-state index is 12.4. The van der Waals surface area contributed by atoms with Gasteiger partial charge in [0, 0.05) is 18.3 Å². The van der Waals surface area contributed by atoms with Gasteiger partial charge in [-0.2, -0.15) is 0 Å². The third kappa shape index (κ3) is 2.16. The van der Waals surface area contributed by atoms with E-state index in [1.165, 1.54) is 0 Å². The van der Waals surface area contributed by atoms with Gasteiger partial charge >= 0.3 is 0 Å². The van der Waals surface area contributed by atoms with E-state index >= 15 is 0 Å². The van der Waals surface area contributed by atoms with E-state index < -0.39 is 6.10 Å². The average Bonchev–Trinajstić information content (AvgIpc) is 2.97. The average molecular weight is 283 g/mol. The summed E-state index contributed by atoms with van der Waals surface area (Å²) in [4.78, 5) is 12.4. The number of benzene rings is 1. The number of nitrogens with one attached hydrogen (secondary N) is 1. The molecule has 4 rings (SSSR count). The Labute approximate surface area is 122 Å². The van der Waals surface area contributed by atoms with Crippen LogP contribution >= 0.6 is 0 Å². The molecule has 4 nitrogen and oxygen atoms in total. The van der Waals surface area contributed by atoms with Crippen molar-refractivity contribution >= 4 is 5.91 Å². The second kappa shape index (κ2) is 4.74. The van der Waals surface area contributed by atoms with Gasteiger partial charge in [-0.3, -0.25) is 4.79 Å². The molecule has 1 amide bonds. The lowest BCUT2D eigenvalue weighted by Crippen LogP contribution is -2.35. The lowest BCUT2D eigenvalue weighted by atomic mass is 10.1. The van der Waals surface area contributed by atoms with E-state index in [2.05, 4.69) is 5.32 Å². The summed E-state index contributed by atoms with van der Waals surface area (Å²) in [5.41, 5.74) is 2.15. The number of fused-ring (bicyclic) bond motifs is 1. The molecule has 2 N–H and O–H groups in total. The Kier molecular flexibility index (Phi) is 2.86. The molecule has 1 heterocycles. The second-order valence-electron chi connectivity index (χ2n) is 5.92. The first-order valence-corrected chi connectivity index (χ1v) is 7.33. The SMILES string of the molecule is O=C(N[C@@H]1c2ccccc2C[C@@H]1O)[C@H]1C[C@H]1c1ccco1. The second-order valence-corrected chi connectivity index (χ2v) is 5.92. The summed E-state index contributed by atoms with van der Waals surface area (Å²) < 4.78 is 5.36. The van der Waals surface area contributed by atoms with Crippen LogP contribution < -0.4 is 5.32 Å². The zero-order valence-electron chi connectivity index (χ0n) is 11.5. The van der Waals surface area contributed by atoms with Gasteiger partial charge in [0.05, 0.1) is 18.4 Å². The molecular formula is C17H17NO3. The first-order valence-electron chi connectivity index (χ1n) is 7.33. The summed E-state index contributed by atoms with van der Waals surface area (Å²) in [6, 6.07) is 11.4. The summed E-state index contributed by atoms with van der Waals surface area (Å²) in [7, 11) is 0. The molecule has 2 aliphatic carbocycles. The van der Waals surface area contributed by atoms with E-state index in [0.29, 0.717) is 6.42 Å². The van der Waals surface area contributed by atoms with Crippen molar-refractivity contribution < 1.29 is 14.3 Å².